The van der Waals surface area contributed by atoms with Crippen LogP contribution in [0.3, 0.4) is 0 Å². The van der Waals surface area contributed by atoms with Crippen LogP contribution in [0.5, 0.6) is 0 Å². The molecule has 4 rings (SSSR count). The molecule has 25 heavy (non-hydrogen) atoms. The van der Waals surface area contributed by atoms with Crippen molar-refractivity contribution in [3.63, 3.8) is 0 Å². The van der Waals surface area contributed by atoms with Gasteiger partial charge in [-0.2, -0.15) is 0 Å². The van der Waals surface area contributed by atoms with Crippen LogP contribution in [0, 0.1) is 40.4 Å². The number of hydrogen-bond acceptors (Lipinski definition) is 1. The summed E-state index contributed by atoms with van der Waals surface area (Å²) in [4.78, 5) is 10.9. The van der Waals surface area contributed by atoms with Crippen molar-refractivity contribution >= 4 is 5.97 Å². The Morgan fingerprint density at radius 1 is 0.920 bits per heavy atom. The van der Waals surface area contributed by atoms with Crippen LogP contribution in [0.4, 0.5) is 0 Å². The minimum absolute atomic E-state index is 0.364. The van der Waals surface area contributed by atoms with E-state index in [1.165, 1.54) is 64.2 Å². The van der Waals surface area contributed by atoms with E-state index in [4.69, 9.17) is 5.11 Å². The summed E-state index contributed by atoms with van der Waals surface area (Å²) in [6.45, 7) is 5.25. The normalized spacial score (nSPS) is 49.1. The van der Waals surface area contributed by atoms with Crippen LogP contribution >= 0.6 is 0 Å². The monoisotopic (exact) mass is 346 g/mol. The highest BCUT2D eigenvalue weighted by atomic mass is 16.4. The lowest BCUT2D eigenvalue weighted by Gasteiger charge is -2.60. The fourth-order valence-corrected chi connectivity index (χ4v) is 8.38. The molecule has 0 aromatic heterocycles. The molecule has 0 amide bonds. The zero-order valence-electron chi connectivity index (χ0n) is 16.4. The zero-order valence-corrected chi connectivity index (χ0v) is 16.4. The van der Waals surface area contributed by atoms with Gasteiger partial charge in [-0.15, -0.1) is 0 Å². The van der Waals surface area contributed by atoms with Crippen LogP contribution in [0.2, 0.25) is 0 Å². The van der Waals surface area contributed by atoms with E-state index in [1.54, 1.807) is 0 Å². The van der Waals surface area contributed by atoms with E-state index >= 15 is 0 Å². The smallest absolute Gasteiger partial charge is 0.303 e. The summed E-state index contributed by atoms with van der Waals surface area (Å²) < 4.78 is 0. The highest BCUT2D eigenvalue weighted by Gasteiger charge is 2.59. The molecule has 0 aromatic carbocycles. The third-order valence-corrected chi connectivity index (χ3v) is 9.72. The van der Waals surface area contributed by atoms with Crippen LogP contribution in [0.1, 0.15) is 97.3 Å². The first-order valence-corrected chi connectivity index (χ1v) is 11.2. The van der Waals surface area contributed by atoms with Crippen molar-refractivity contribution in [2.45, 2.75) is 97.3 Å². The minimum Gasteiger partial charge on any atom is -0.481 e. The van der Waals surface area contributed by atoms with Gasteiger partial charge in [0.05, 0.1) is 0 Å². The van der Waals surface area contributed by atoms with Crippen LogP contribution in [-0.4, -0.2) is 11.1 Å². The fourth-order valence-electron chi connectivity index (χ4n) is 8.38. The second-order valence-electron chi connectivity index (χ2n) is 10.5. The standard InChI is InChI=1S/C23H38O2/c1-22-14-4-3-6-16(22)9-11-18-19-12-10-17(7-5-8-21(24)25)23(19,2)15-13-20(18)22/h16-20H,3-15H2,1-2H3,(H,24,25)/t16?,17?,18?,19?,20?,22-,23+/m0/s1. The molecule has 4 aliphatic carbocycles. The fraction of sp³-hybridized carbons (Fsp3) is 0.957. The van der Waals surface area contributed by atoms with E-state index < -0.39 is 5.97 Å². The molecule has 5 unspecified atom stereocenters. The van der Waals surface area contributed by atoms with Gasteiger partial charge in [-0.25, -0.2) is 0 Å². The Morgan fingerprint density at radius 3 is 2.52 bits per heavy atom. The Balaban J connectivity index is 1.48. The van der Waals surface area contributed by atoms with Gasteiger partial charge in [0.15, 0.2) is 0 Å². The number of rotatable bonds is 4. The van der Waals surface area contributed by atoms with Crippen LogP contribution < -0.4 is 0 Å². The molecular weight excluding hydrogens is 308 g/mol. The predicted molar refractivity (Wildman–Crippen MR) is 101 cm³/mol. The topological polar surface area (TPSA) is 37.3 Å². The molecule has 2 nitrogen and oxygen atoms in total. The highest BCUT2D eigenvalue weighted by Crippen LogP contribution is 2.67. The van der Waals surface area contributed by atoms with Crippen LogP contribution in [0.25, 0.3) is 0 Å². The average molecular weight is 347 g/mol. The first kappa shape index (κ1) is 17.9. The molecule has 0 saturated heterocycles. The van der Waals surface area contributed by atoms with Crippen molar-refractivity contribution in [2.24, 2.45) is 40.4 Å². The summed E-state index contributed by atoms with van der Waals surface area (Å²) in [7, 11) is 0. The molecule has 0 aromatic rings. The third kappa shape index (κ3) is 2.86. The third-order valence-electron chi connectivity index (χ3n) is 9.72. The molecule has 0 bridgehead atoms. The molecule has 142 valence electrons. The summed E-state index contributed by atoms with van der Waals surface area (Å²) >= 11 is 0. The van der Waals surface area contributed by atoms with Gasteiger partial charge in [0.1, 0.15) is 0 Å². The summed E-state index contributed by atoms with van der Waals surface area (Å²) in [6.07, 6.45) is 17.0. The van der Waals surface area contributed by atoms with Gasteiger partial charge in [0, 0.05) is 6.42 Å². The van der Waals surface area contributed by atoms with Gasteiger partial charge in [-0.1, -0.05) is 26.7 Å². The first-order chi connectivity index (χ1) is 11.9. The number of aliphatic carboxylic acids is 1. The average Bonchev–Trinajstić information content (AvgIpc) is 2.91. The van der Waals surface area contributed by atoms with Gasteiger partial charge in [0.2, 0.25) is 0 Å². The van der Waals surface area contributed by atoms with E-state index in [2.05, 4.69) is 13.8 Å². The Morgan fingerprint density at radius 2 is 1.72 bits per heavy atom. The summed E-state index contributed by atoms with van der Waals surface area (Å²) in [5.74, 6) is 4.08. The Hall–Kier alpha value is -0.530. The van der Waals surface area contributed by atoms with Crippen molar-refractivity contribution in [3.8, 4) is 0 Å². The number of carboxylic acids is 1. The lowest BCUT2D eigenvalue weighted by atomic mass is 9.45. The molecule has 0 heterocycles. The Kier molecular flexibility index (Phi) is 4.69. The van der Waals surface area contributed by atoms with Crippen molar-refractivity contribution in [1.29, 1.82) is 0 Å². The maximum atomic E-state index is 10.9. The molecule has 4 saturated carbocycles. The maximum Gasteiger partial charge on any atom is 0.303 e. The Labute approximate surface area is 154 Å². The number of carboxylic acid groups (broad SMARTS) is 1. The highest BCUT2D eigenvalue weighted by molar-refractivity contribution is 5.66. The lowest BCUT2D eigenvalue weighted by Crippen LogP contribution is -2.52. The van der Waals surface area contributed by atoms with E-state index in [0.717, 1.165) is 42.4 Å². The van der Waals surface area contributed by atoms with Gasteiger partial charge in [-0.3, -0.25) is 4.79 Å². The van der Waals surface area contributed by atoms with E-state index in [9.17, 15) is 4.79 Å². The van der Waals surface area contributed by atoms with Crippen LogP contribution in [0.15, 0.2) is 0 Å². The maximum absolute atomic E-state index is 10.9. The quantitative estimate of drug-likeness (QED) is 0.649. The molecule has 4 aliphatic rings. The zero-order chi connectivity index (χ0) is 17.7. The van der Waals surface area contributed by atoms with Gasteiger partial charge < -0.3 is 5.11 Å². The molecule has 7 atom stereocenters. The van der Waals surface area contributed by atoms with E-state index in [1.807, 2.05) is 0 Å². The van der Waals surface area contributed by atoms with Crippen molar-refractivity contribution in [3.05, 3.63) is 0 Å². The molecular formula is C23H38O2. The SMILES string of the molecule is C[C@]12CCCCC1CCC1C2CC[C@]2(C)C(CCCC(=O)O)CCC12. The van der Waals surface area contributed by atoms with Gasteiger partial charge >= 0.3 is 5.97 Å². The first-order valence-electron chi connectivity index (χ1n) is 11.2. The van der Waals surface area contributed by atoms with Crippen LogP contribution in [-0.2, 0) is 4.79 Å². The summed E-state index contributed by atoms with van der Waals surface area (Å²) in [6, 6.07) is 0. The van der Waals surface area contributed by atoms with E-state index in [0.29, 0.717) is 17.3 Å². The van der Waals surface area contributed by atoms with Crippen molar-refractivity contribution in [2.75, 3.05) is 0 Å². The van der Waals surface area contributed by atoms with Gasteiger partial charge in [-0.05, 0) is 105 Å². The van der Waals surface area contributed by atoms with Gasteiger partial charge in [0.25, 0.3) is 0 Å². The predicted octanol–water partition coefficient (Wildman–Crippen LogP) is 6.29. The summed E-state index contributed by atoms with van der Waals surface area (Å²) in [5.41, 5.74) is 1.15. The molecule has 0 radical (unpaired) electrons. The number of fused-ring (bicyclic) bond motifs is 5. The Bertz CT molecular complexity index is 514. The second kappa shape index (κ2) is 6.57. The van der Waals surface area contributed by atoms with Crippen molar-refractivity contribution < 1.29 is 9.90 Å². The summed E-state index contributed by atoms with van der Waals surface area (Å²) in [5, 5.41) is 8.98. The minimum atomic E-state index is -0.619. The lowest BCUT2D eigenvalue weighted by molar-refractivity contribution is -0.137. The molecule has 0 spiro atoms. The largest absolute Gasteiger partial charge is 0.481 e. The number of hydrogen-bond donors (Lipinski definition) is 1. The second-order valence-corrected chi connectivity index (χ2v) is 10.5. The van der Waals surface area contributed by atoms with E-state index in [-0.39, 0.29) is 0 Å². The number of carbonyl (C=O) groups is 1. The molecule has 0 aliphatic heterocycles. The molecule has 1 N–H and O–H groups in total. The van der Waals surface area contributed by atoms with Crippen molar-refractivity contribution in [1.82, 2.24) is 0 Å². The molecule has 4 fully saturated rings. The molecule has 2 heteroatoms.